The lowest BCUT2D eigenvalue weighted by Crippen LogP contribution is -2.53. The second-order valence-electron chi connectivity index (χ2n) is 6.31. The predicted molar refractivity (Wildman–Crippen MR) is 93.2 cm³/mol. The maximum atomic E-state index is 10.5. The maximum absolute atomic E-state index is 10.5. The van der Waals surface area contributed by atoms with Crippen LogP contribution in [0.4, 0.5) is 0 Å². The second kappa shape index (κ2) is 6.61. The number of methoxy groups -OCH3 is 1. The summed E-state index contributed by atoms with van der Waals surface area (Å²) in [6.07, 6.45) is 0. The number of nitrogens with zero attached hydrogens (tertiary/aromatic N) is 1. The Hall–Kier alpha value is -1.41. The first-order chi connectivity index (χ1) is 10.7. The van der Waals surface area contributed by atoms with Gasteiger partial charge in [-0.2, -0.15) is 0 Å². The van der Waals surface area contributed by atoms with Crippen molar-refractivity contribution in [2.75, 3.05) is 7.11 Å². The van der Waals surface area contributed by atoms with Gasteiger partial charge >= 0.3 is 7.12 Å². The van der Waals surface area contributed by atoms with Gasteiger partial charge in [0.1, 0.15) is 5.75 Å². The Bertz CT molecular complexity index is 666. The number of rotatable bonds is 6. The van der Waals surface area contributed by atoms with Crippen LogP contribution in [-0.4, -0.2) is 40.5 Å². The van der Waals surface area contributed by atoms with Crippen molar-refractivity contribution in [2.24, 2.45) is 0 Å². The molecule has 2 aromatic rings. The zero-order valence-electron chi connectivity index (χ0n) is 14.0. The molecule has 1 heterocycles. The molecule has 1 aromatic heterocycles. The molecule has 0 saturated heterocycles. The van der Waals surface area contributed by atoms with E-state index in [9.17, 15) is 10.1 Å². The van der Waals surface area contributed by atoms with Crippen LogP contribution in [0.3, 0.4) is 0 Å². The number of para-hydroxylation sites is 1. The van der Waals surface area contributed by atoms with Crippen LogP contribution in [0.1, 0.15) is 27.7 Å². The lowest BCUT2D eigenvalue weighted by atomic mass is 9.79. The van der Waals surface area contributed by atoms with Crippen molar-refractivity contribution in [3.63, 3.8) is 0 Å². The van der Waals surface area contributed by atoms with Gasteiger partial charge < -0.3 is 19.5 Å². The predicted octanol–water partition coefficient (Wildman–Crippen LogP) is 2.07. The molecule has 2 rings (SSSR count). The minimum Gasteiger partial charge on any atom is -0.496 e. The van der Waals surface area contributed by atoms with E-state index >= 15 is 0 Å². The lowest BCUT2D eigenvalue weighted by Gasteiger charge is -2.38. The van der Waals surface area contributed by atoms with Crippen LogP contribution < -0.4 is 10.3 Å². The minimum atomic E-state index is -1.25. The highest BCUT2D eigenvalue weighted by atomic mass is 32.1. The SMILES string of the molecule is COc1ccccc1-c1scnc1B(O)OC(C)(C)C(C)(C)O. The molecule has 0 fully saturated rings. The highest BCUT2D eigenvalue weighted by Crippen LogP contribution is 2.32. The molecule has 0 bridgehead atoms. The number of hydrogen-bond acceptors (Lipinski definition) is 6. The van der Waals surface area contributed by atoms with Crippen molar-refractivity contribution in [1.82, 2.24) is 4.98 Å². The zero-order chi connectivity index (χ0) is 17.3. The first-order valence-electron chi connectivity index (χ1n) is 7.32. The summed E-state index contributed by atoms with van der Waals surface area (Å²) in [4.78, 5) is 5.02. The summed E-state index contributed by atoms with van der Waals surface area (Å²) in [5.74, 6) is 0.701. The molecule has 0 aliphatic carbocycles. The highest BCUT2D eigenvalue weighted by Gasteiger charge is 2.41. The van der Waals surface area contributed by atoms with E-state index in [-0.39, 0.29) is 0 Å². The van der Waals surface area contributed by atoms with Gasteiger partial charge in [0.05, 0.1) is 34.3 Å². The quantitative estimate of drug-likeness (QED) is 0.791. The number of benzene rings is 1. The molecule has 0 aliphatic heterocycles. The Kier molecular flexibility index (Phi) is 5.15. The number of thiazole rings is 1. The average molecular weight is 335 g/mol. The fourth-order valence-electron chi connectivity index (χ4n) is 1.94. The summed E-state index contributed by atoms with van der Waals surface area (Å²) in [5, 5.41) is 20.7. The highest BCUT2D eigenvalue weighted by molar-refractivity contribution is 7.14. The van der Waals surface area contributed by atoms with E-state index in [4.69, 9.17) is 9.39 Å². The van der Waals surface area contributed by atoms with Crippen LogP contribution in [-0.2, 0) is 4.65 Å². The van der Waals surface area contributed by atoms with Crippen LogP contribution in [0.5, 0.6) is 5.75 Å². The number of aliphatic hydroxyl groups is 1. The molecule has 0 radical (unpaired) electrons. The third-order valence-corrected chi connectivity index (χ3v) is 4.94. The molecule has 2 N–H and O–H groups in total. The normalized spacial score (nSPS) is 12.3. The summed E-state index contributed by atoms with van der Waals surface area (Å²) in [5.41, 5.74) is 0.844. The third-order valence-electron chi connectivity index (χ3n) is 4.06. The summed E-state index contributed by atoms with van der Waals surface area (Å²) >= 11 is 1.40. The number of ether oxygens (including phenoxy) is 1. The van der Waals surface area contributed by atoms with E-state index in [0.29, 0.717) is 11.3 Å². The van der Waals surface area contributed by atoms with Crippen molar-refractivity contribution in [3.05, 3.63) is 29.8 Å². The van der Waals surface area contributed by atoms with Gasteiger partial charge in [0.2, 0.25) is 0 Å². The summed E-state index contributed by atoms with van der Waals surface area (Å²) in [6.45, 7) is 6.74. The molecular weight excluding hydrogens is 313 g/mol. The van der Waals surface area contributed by atoms with Crippen LogP contribution in [0.15, 0.2) is 29.8 Å². The van der Waals surface area contributed by atoms with Gasteiger partial charge in [0.25, 0.3) is 0 Å². The molecule has 23 heavy (non-hydrogen) atoms. The summed E-state index contributed by atoms with van der Waals surface area (Å²) in [7, 11) is 0.353. The van der Waals surface area contributed by atoms with Gasteiger partial charge in [-0.25, -0.2) is 0 Å². The molecule has 0 aliphatic rings. The Morgan fingerprint density at radius 1 is 1.17 bits per heavy atom. The van der Waals surface area contributed by atoms with Crippen molar-refractivity contribution in [1.29, 1.82) is 0 Å². The second-order valence-corrected chi connectivity index (χ2v) is 7.16. The molecular formula is C16H22BNO4S. The molecule has 1 aromatic carbocycles. The topological polar surface area (TPSA) is 71.8 Å². The van der Waals surface area contributed by atoms with E-state index in [0.717, 1.165) is 10.4 Å². The molecule has 124 valence electrons. The molecule has 0 saturated carbocycles. The summed E-state index contributed by atoms with van der Waals surface area (Å²) < 4.78 is 11.1. The van der Waals surface area contributed by atoms with Crippen LogP contribution >= 0.6 is 11.3 Å². The van der Waals surface area contributed by atoms with Gasteiger partial charge in [0, 0.05) is 5.56 Å². The largest absolute Gasteiger partial charge is 0.512 e. The first kappa shape index (κ1) is 17.9. The molecule has 0 amide bonds. The van der Waals surface area contributed by atoms with Gasteiger partial charge in [-0.05, 0) is 39.8 Å². The van der Waals surface area contributed by atoms with E-state index in [1.54, 1.807) is 40.3 Å². The smallest absolute Gasteiger partial charge is 0.496 e. The maximum Gasteiger partial charge on any atom is 0.512 e. The zero-order valence-corrected chi connectivity index (χ0v) is 14.8. The van der Waals surface area contributed by atoms with Gasteiger partial charge in [-0.15, -0.1) is 11.3 Å². The van der Waals surface area contributed by atoms with Gasteiger partial charge in [-0.3, -0.25) is 4.98 Å². The van der Waals surface area contributed by atoms with Crippen molar-refractivity contribution in [3.8, 4) is 16.2 Å². The molecule has 0 unspecified atom stereocenters. The minimum absolute atomic E-state index is 0.414. The Morgan fingerprint density at radius 3 is 2.43 bits per heavy atom. The number of hydrogen-bond donors (Lipinski definition) is 2. The van der Waals surface area contributed by atoms with Crippen molar-refractivity contribution < 1.29 is 19.5 Å². The van der Waals surface area contributed by atoms with Crippen molar-refractivity contribution >= 4 is 24.0 Å². The Morgan fingerprint density at radius 2 is 1.83 bits per heavy atom. The van der Waals surface area contributed by atoms with E-state index < -0.39 is 18.3 Å². The molecule has 5 nitrogen and oxygen atoms in total. The first-order valence-corrected chi connectivity index (χ1v) is 8.20. The standard InChI is InChI=1S/C16H22BNO4S/c1-15(2,19)16(3,4)22-17(20)14-13(23-10-18-14)11-8-6-7-9-12(11)21-5/h6-10,19-20H,1-5H3. The molecule has 0 spiro atoms. The fourth-order valence-corrected chi connectivity index (χ4v) is 2.79. The van der Waals surface area contributed by atoms with Gasteiger partial charge in [0.15, 0.2) is 0 Å². The average Bonchev–Trinajstić information content (AvgIpc) is 2.94. The van der Waals surface area contributed by atoms with Crippen LogP contribution in [0.25, 0.3) is 10.4 Å². The third kappa shape index (κ3) is 3.75. The Labute approximate surface area is 141 Å². The van der Waals surface area contributed by atoms with E-state index in [1.807, 2.05) is 24.3 Å². The lowest BCUT2D eigenvalue weighted by molar-refractivity contribution is -0.0983. The number of aromatic nitrogens is 1. The van der Waals surface area contributed by atoms with Crippen molar-refractivity contribution in [2.45, 2.75) is 38.9 Å². The van der Waals surface area contributed by atoms with Crippen LogP contribution in [0.2, 0.25) is 0 Å². The van der Waals surface area contributed by atoms with Crippen LogP contribution in [0, 0.1) is 0 Å². The molecule has 0 atom stereocenters. The fraction of sp³-hybridized carbons (Fsp3) is 0.438. The Balaban J connectivity index is 2.35. The monoisotopic (exact) mass is 335 g/mol. The van der Waals surface area contributed by atoms with E-state index in [2.05, 4.69) is 4.98 Å². The molecule has 7 heteroatoms. The summed E-state index contributed by atoms with van der Waals surface area (Å²) in [6, 6.07) is 7.54. The van der Waals surface area contributed by atoms with Gasteiger partial charge in [-0.1, -0.05) is 12.1 Å². The van der Waals surface area contributed by atoms with E-state index in [1.165, 1.54) is 11.3 Å².